The van der Waals surface area contributed by atoms with Crippen molar-refractivity contribution in [3.8, 4) is 0 Å². The Morgan fingerprint density at radius 1 is 1.20 bits per heavy atom. The van der Waals surface area contributed by atoms with Crippen LogP contribution in [0.5, 0.6) is 0 Å². The summed E-state index contributed by atoms with van der Waals surface area (Å²) in [5.41, 5.74) is 0. The first-order chi connectivity index (χ1) is 9.65. The molecule has 1 saturated heterocycles. The summed E-state index contributed by atoms with van der Waals surface area (Å²) in [7, 11) is 1.94. The molecule has 6 heteroatoms. The summed E-state index contributed by atoms with van der Waals surface area (Å²) in [5, 5.41) is 8.61. The van der Waals surface area contributed by atoms with Crippen LogP contribution in [0, 0.1) is 0 Å². The van der Waals surface area contributed by atoms with Gasteiger partial charge >= 0.3 is 6.03 Å². The molecular formula is C14H26N4O2. The van der Waals surface area contributed by atoms with Crippen LogP contribution in [0.2, 0.25) is 0 Å². The van der Waals surface area contributed by atoms with Gasteiger partial charge in [-0.05, 0) is 39.3 Å². The summed E-state index contributed by atoms with van der Waals surface area (Å²) < 4.78 is 0. The van der Waals surface area contributed by atoms with Gasteiger partial charge in [0.25, 0.3) is 0 Å². The summed E-state index contributed by atoms with van der Waals surface area (Å²) in [6, 6.07) is 0.271. The quantitative estimate of drug-likeness (QED) is 0.699. The van der Waals surface area contributed by atoms with Crippen molar-refractivity contribution in [2.75, 3.05) is 26.7 Å². The van der Waals surface area contributed by atoms with Gasteiger partial charge in [-0.15, -0.1) is 0 Å². The molecule has 0 aromatic carbocycles. The van der Waals surface area contributed by atoms with E-state index in [0.29, 0.717) is 6.04 Å². The smallest absolute Gasteiger partial charge is 0.321 e. The minimum absolute atomic E-state index is 0.228. The van der Waals surface area contributed by atoms with Crippen LogP contribution in [0.4, 0.5) is 4.79 Å². The van der Waals surface area contributed by atoms with E-state index in [4.69, 9.17) is 0 Å². The Morgan fingerprint density at radius 3 is 2.60 bits per heavy atom. The van der Waals surface area contributed by atoms with Crippen LogP contribution in [0.25, 0.3) is 0 Å². The molecule has 0 spiro atoms. The van der Waals surface area contributed by atoms with Crippen molar-refractivity contribution >= 4 is 11.9 Å². The van der Waals surface area contributed by atoms with E-state index < -0.39 is 0 Å². The Balaban J connectivity index is 1.66. The molecule has 3 N–H and O–H groups in total. The summed E-state index contributed by atoms with van der Waals surface area (Å²) in [6.45, 7) is 2.24. The molecule has 0 aromatic rings. The fraction of sp³-hybridized carbons (Fsp3) is 0.857. The molecular weight excluding hydrogens is 256 g/mol. The molecule has 114 valence electrons. The molecule has 0 bridgehead atoms. The van der Waals surface area contributed by atoms with Gasteiger partial charge in [0.2, 0.25) is 5.91 Å². The summed E-state index contributed by atoms with van der Waals surface area (Å²) in [5.74, 6) is -0.228. The second kappa shape index (κ2) is 7.59. The Labute approximate surface area is 120 Å². The number of hydrogen-bond acceptors (Lipinski definition) is 4. The number of amides is 3. The van der Waals surface area contributed by atoms with Crippen molar-refractivity contribution < 1.29 is 9.59 Å². The lowest BCUT2D eigenvalue weighted by Gasteiger charge is -2.31. The maximum Gasteiger partial charge on any atom is 0.321 e. The van der Waals surface area contributed by atoms with Crippen molar-refractivity contribution in [3.05, 3.63) is 0 Å². The van der Waals surface area contributed by atoms with E-state index in [9.17, 15) is 9.59 Å². The third kappa shape index (κ3) is 4.76. The van der Waals surface area contributed by atoms with Crippen molar-refractivity contribution in [3.63, 3.8) is 0 Å². The lowest BCUT2D eigenvalue weighted by atomic mass is 10.1. The van der Waals surface area contributed by atoms with Crippen LogP contribution in [0.15, 0.2) is 0 Å². The number of nitrogens with zero attached hydrogens (tertiary/aromatic N) is 1. The Kier molecular flexibility index (Phi) is 5.79. The van der Waals surface area contributed by atoms with Gasteiger partial charge in [-0.1, -0.05) is 12.8 Å². The third-order valence-corrected chi connectivity index (χ3v) is 4.23. The minimum Gasteiger partial charge on any atom is -0.335 e. The van der Waals surface area contributed by atoms with Crippen LogP contribution in [0.1, 0.15) is 38.5 Å². The number of carbonyl (C=O) groups is 2. The summed E-state index contributed by atoms with van der Waals surface area (Å²) in [4.78, 5) is 25.6. The maximum atomic E-state index is 11.8. The van der Waals surface area contributed by atoms with E-state index in [-0.39, 0.29) is 24.5 Å². The normalized spacial score (nSPS) is 23.8. The second-order valence-corrected chi connectivity index (χ2v) is 5.92. The number of imide groups is 1. The number of nitrogens with one attached hydrogen (secondary N) is 3. The van der Waals surface area contributed by atoms with Gasteiger partial charge in [-0.25, -0.2) is 4.79 Å². The first kappa shape index (κ1) is 15.3. The van der Waals surface area contributed by atoms with Crippen molar-refractivity contribution in [1.82, 2.24) is 20.9 Å². The highest BCUT2D eigenvalue weighted by Gasteiger charge is 2.21. The van der Waals surface area contributed by atoms with Gasteiger partial charge in [0, 0.05) is 18.6 Å². The van der Waals surface area contributed by atoms with Crippen LogP contribution in [-0.4, -0.2) is 55.6 Å². The number of carbonyl (C=O) groups excluding carboxylic acids is 2. The molecule has 1 atom stereocenters. The fourth-order valence-corrected chi connectivity index (χ4v) is 3.02. The van der Waals surface area contributed by atoms with Gasteiger partial charge in [0.05, 0.1) is 6.54 Å². The van der Waals surface area contributed by atoms with Crippen LogP contribution in [0.3, 0.4) is 0 Å². The number of piperidine rings is 1. The molecule has 2 rings (SSSR count). The highest BCUT2D eigenvalue weighted by atomic mass is 16.2. The SMILES string of the molecule is CN(CC(=O)NC(=O)NC1CCCC1)C1CCCNC1. The molecule has 1 aliphatic carbocycles. The molecule has 2 aliphatic rings. The number of hydrogen-bond donors (Lipinski definition) is 3. The number of likely N-dealkylation sites (N-methyl/N-ethyl adjacent to an activating group) is 1. The topological polar surface area (TPSA) is 73.5 Å². The molecule has 0 aromatic heterocycles. The van der Waals surface area contributed by atoms with Crippen molar-refractivity contribution in [1.29, 1.82) is 0 Å². The lowest BCUT2D eigenvalue weighted by molar-refractivity contribution is -0.121. The van der Waals surface area contributed by atoms with Crippen LogP contribution in [-0.2, 0) is 4.79 Å². The lowest BCUT2D eigenvalue weighted by Crippen LogP contribution is -2.50. The second-order valence-electron chi connectivity index (χ2n) is 5.92. The van der Waals surface area contributed by atoms with Crippen LogP contribution < -0.4 is 16.0 Å². The highest BCUT2D eigenvalue weighted by Crippen LogP contribution is 2.17. The third-order valence-electron chi connectivity index (χ3n) is 4.23. The van der Waals surface area contributed by atoms with E-state index in [2.05, 4.69) is 16.0 Å². The largest absolute Gasteiger partial charge is 0.335 e. The van der Waals surface area contributed by atoms with Gasteiger partial charge < -0.3 is 10.6 Å². The average molecular weight is 282 g/mol. The van der Waals surface area contributed by atoms with E-state index in [1.165, 1.54) is 0 Å². The molecule has 1 unspecified atom stereocenters. The first-order valence-corrected chi connectivity index (χ1v) is 7.66. The first-order valence-electron chi connectivity index (χ1n) is 7.66. The van der Waals surface area contributed by atoms with Crippen LogP contribution >= 0.6 is 0 Å². The van der Waals surface area contributed by atoms with E-state index in [1.807, 2.05) is 11.9 Å². The average Bonchev–Trinajstić information content (AvgIpc) is 2.92. The molecule has 20 heavy (non-hydrogen) atoms. The van der Waals surface area contributed by atoms with E-state index >= 15 is 0 Å². The van der Waals surface area contributed by atoms with Crippen molar-refractivity contribution in [2.45, 2.75) is 50.6 Å². The van der Waals surface area contributed by atoms with Gasteiger partial charge in [-0.3, -0.25) is 15.0 Å². The zero-order valence-corrected chi connectivity index (χ0v) is 12.3. The van der Waals surface area contributed by atoms with E-state index in [0.717, 1.165) is 51.6 Å². The molecule has 1 aliphatic heterocycles. The zero-order valence-electron chi connectivity index (χ0n) is 12.3. The minimum atomic E-state index is -0.350. The molecule has 1 heterocycles. The molecule has 6 nitrogen and oxygen atoms in total. The molecule has 3 amide bonds. The predicted octanol–water partition coefficient (Wildman–Crippen LogP) is 0.439. The molecule has 2 fully saturated rings. The van der Waals surface area contributed by atoms with E-state index in [1.54, 1.807) is 0 Å². The van der Waals surface area contributed by atoms with Gasteiger partial charge in [0.1, 0.15) is 0 Å². The maximum absolute atomic E-state index is 11.8. The number of rotatable bonds is 4. The monoisotopic (exact) mass is 282 g/mol. The molecule has 0 radical (unpaired) electrons. The Bertz CT molecular complexity index is 336. The molecule has 1 saturated carbocycles. The van der Waals surface area contributed by atoms with Gasteiger partial charge in [0.15, 0.2) is 0 Å². The Morgan fingerprint density at radius 2 is 1.95 bits per heavy atom. The Hall–Kier alpha value is -1.14. The predicted molar refractivity (Wildman–Crippen MR) is 77.5 cm³/mol. The highest BCUT2D eigenvalue weighted by molar-refractivity contribution is 5.95. The fourth-order valence-electron chi connectivity index (χ4n) is 3.02. The number of urea groups is 1. The van der Waals surface area contributed by atoms with Crippen molar-refractivity contribution in [2.24, 2.45) is 0 Å². The summed E-state index contributed by atoms with van der Waals surface area (Å²) in [6.07, 6.45) is 6.61. The standard InChI is InChI=1S/C14H26N4O2/c1-18(12-7-4-8-15-9-12)10-13(19)17-14(20)16-11-5-2-3-6-11/h11-12,15H,2-10H2,1H3,(H2,16,17,19,20). The summed E-state index contributed by atoms with van der Waals surface area (Å²) >= 11 is 0. The zero-order chi connectivity index (χ0) is 14.4. The van der Waals surface area contributed by atoms with Gasteiger partial charge in [-0.2, -0.15) is 0 Å².